The molecule has 0 fully saturated rings. The molecular formula is C16H22ClNO3. The van der Waals surface area contributed by atoms with E-state index < -0.39 is 0 Å². The monoisotopic (exact) mass is 311 g/mol. The van der Waals surface area contributed by atoms with Crippen molar-refractivity contribution >= 4 is 29.3 Å². The topological polar surface area (TPSA) is 42.7 Å². The summed E-state index contributed by atoms with van der Waals surface area (Å²) in [5.41, 5.74) is 1.56. The molecule has 4 nitrogen and oxygen atoms in total. The number of hydrogen-bond donors (Lipinski definition) is 0. The molecule has 0 bridgehead atoms. The molecule has 0 aliphatic heterocycles. The summed E-state index contributed by atoms with van der Waals surface area (Å²) < 4.78 is 11.0. The summed E-state index contributed by atoms with van der Waals surface area (Å²) in [6.07, 6.45) is 0.676. The molecule has 1 heterocycles. The molecule has 0 spiro atoms. The Labute approximate surface area is 131 Å². The fourth-order valence-electron chi connectivity index (χ4n) is 2.10. The van der Waals surface area contributed by atoms with Gasteiger partial charge in [-0.15, -0.1) is 12.4 Å². The van der Waals surface area contributed by atoms with Crippen molar-refractivity contribution in [3.8, 4) is 0 Å². The maximum Gasteiger partial charge on any atom is 0.374 e. The Morgan fingerprint density at radius 2 is 2.00 bits per heavy atom. The first-order valence-electron chi connectivity index (χ1n) is 6.83. The molecule has 1 atom stereocenters. The first-order valence-corrected chi connectivity index (χ1v) is 6.83. The predicted octanol–water partition coefficient (Wildman–Crippen LogP) is 3.66. The summed E-state index contributed by atoms with van der Waals surface area (Å²) in [5, 5.41) is 0.959. The van der Waals surface area contributed by atoms with Crippen molar-refractivity contribution in [1.82, 2.24) is 4.90 Å². The number of rotatable bonds is 5. The van der Waals surface area contributed by atoms with Crippen LogP contribution in [-0.4, -0.2) is 37.6 Å². The lowest BCUT2D eigenvalue weighted by Crippen LogP contribution is -2.22. The summed E-state index contributed by atoms with van der Waals surface area (Å²) >= 11 is 0. The van der Waals surface area contributed by atoms with Crippen LogP contribution in [0.25, 0.3) is 11.0 Å². The fraction of sp³-hybridized carbons (Fsp3) is 0.438. The molecule has 2 rings (SSSR count). The lowest BCUT2D eigenvalue weighted by Gasteiger charge is -2.15. The molecule has 1 aromatic heterocycles. The molecular weight excluding hydrogens is 290 g/mol. The number of carbonyl (C=O) groups excluding carboxylic acids is 1. The number of halogens is 1. The van der Waals surface area contributed by atoms with Crippen molar-refractivity contribution in [3.63, 3.8) is 0 Å². The van der Waals surface area contributed by atoms with Crippen molar-refractivity contribution in [2.24, 2.45) is 0 Å². The van der Waals surface area contributed by atoms with Crippen molar-refractivity contribution in [1.29, 1.82) is 0 Å². The van der Waals surface area contributed by atoms with Crippen LogP contribution in [-0.2, 0) is 4.74 Å². The van der Waals surface area contributed by atoms with Gasteiger partial charge >= 0.3 is 5.97 Å². The lowest BCUT2D eigenvalue weighted by atomic mass is 10.1. The Hall–Kier alpha value is -1.52. The molecule has 0 N–H and O–H groups in total. The average Bonchev–Trinajstić information content (AvgIpc) is 2.74. The van der Waals surface area contributed by atoms with Gasteiger partial charge in [0.2, 0.25) is 5.76 Å². The maximum absolute atomic E-state index is 12.2. The molecule has 116 valence electrons. The second-order valence-electron chi connectivity index (χ2n) is 5.36. The molecule has 0 amide bonds. The van der Waals surface area contributed by atoms with E-state index in [-0.39, 0.29) is 24.5 Å². The Kier molecular flexibility index (Phi) is 6.24. The van der Waals surface area contributed by atoms with Crippen LogP contribution in [0, 0.1) is 6.92 Å². The summed E-state index contributed by atoms with van der Waals surface area (Å²) in [7, 11) is 4.00. The number of carbonyl (C=O) groups is 1. The summed E-state index contributed by atoms with van der Waals surface area (Å²) in [6, 6.07) is 7.62. The second-order valence-corrected chi connectivity index (χ2v) is 5.36. The summed E-state index contributed by atoms with van der Waals surface area (Å²) in [6.45, 7) is 4.67. The molecule has 21 heavy (non-hydrogen) atoms. The van der Waals surface area contributed by atoms with Crippen LogP contribution >= 0.6 is 12.4 Å². The van der Waals surface area contributed by atoms with Crippen LogP contribution in [0.4, 0.5) is 0 Å². The first kappa shape index (κ1) is 17.5. The van der Waals surface area contributed by atoms with Gasteiger partial charge in [-0.3, -0.25) is 0 Å². The molecule has 0 aliphatic rings. The van der Waals surface area contributed by atoms with Gasteiger partial charge < -0.3 is 14.1 Å². The van der Waals surface area contributed by atoms with Crippen molar-refractivity contribution in [2.45, 2.75) is 26.4 Å². The zero-order chi connectivity index (χ0) is 14.7. The van der Waals surface area contributed by atoms with Gasteiger partial charge in [-0.1, -0.05) is 18.2 Å². The zero-order valence-corrected chi connectivity index (χ0v) is 13.7. The minimum Gasteiger partial charge on any atom is -0.457 e. The number of para-hydroxylation sites is 1. The number of benzene rings is 1. The first-order chi connectivity index (χ1) is 9.49. The van der Waals surface area contributed by atoms with E-state index in [0.717, 1.165) is 29.5 Å². The highest BCUT2D eigenvalue weighted by Crippen LogP contribution is 2.25. The minimum absolute atomic E-state index is 0. The van der Waals surface area contributed by atoms with E-state index in [4.69, 9.17) is 9.15 Å². The SMILES string of the molecule is Cc1c(C(=O)OC(C)CCN(C)C)oc2ccccc12.Cl. The minimum atomic E-state index is -0.384. The quantitative estimate of drug-likeness (QED) is 0.790. The average molecular weight is 312 g/mol. The normalized spacial score (nSPS) is 12.2. The second kappa shape index (κ2) is 7.48. The Balaban J connectivity index is 0.00000220. The third kappa shape index (κ3) is 4.22. The van der Waals surface area contributed by atoms with Gasteiger partial charge in [-0.25, -0.2) is 4.79 Å². The van der Waals surface area contributed by atoms with Crippen LogP contribution in [0.5, 0.6) is 0 Å². The number of fused-ring (bicyclic) bond motifs is 1. The van der Waals surface area contributed by atoms with Gasteiger partial charge in [0.1, 0.15) is 11.7 Å². The summed E-state index contributed by atoms with van der Waals surface area (Å²) in [4.78, 5) is 14.2. The van der Waals surface area contributed by atoms with Crippen LogP contribution in [0.2, 0.25) is 0 Å². The fourth-order valence-corrected chi connectivity index (χ4v) is 2.10. The smallest absolute Gasteiger partial charge is 0.374 e. The third-order valence-corrected chi connectivity index (χ3v) is 3.32. The van der Waals surface area contributed by atoms with E-state index in [0.29, 0.717) is 5.76 Å². The van der Waals surface area contributed by atoms with Gasteiger partial charge in [0.05, 0.1) is 0 Å². The van der Waals surface area contributed by atoms with E-state index in [2.05, 4.69) is 4.90 Å². The highest BCUT2D eigenvalue weighted by Gasteiger charge is 2.20. The molecule has 1 unspecified atom stereocenters. The number of esters is 1. The standard InChI is InChI=1S/C16H21NO3.ClH/c1-11(9-10-17(3)4)19-16(18)15-12(2)13-7-5-6-8-14(13)20-15;/h5-8,11H,9-10H2,1-4H3;1H. The molecule has 1 aromatic carbocycles. The molecule has 5 heteroatoms. The zero-order valence-electron chi connectivity index (χ0n) is 12.9. The predicted molar refractivity (Wildman–Crippen MR) is 86.2 cm³/mol. The van der Waals surface area contributed by atoms with Crippen LogP contribution in [0.15, 0.2) is 28.7 Å². The number of nitrogens with zero attached hydrogens (tertiary/aromatic N) is 1. The summed E-state index contributed by atoms with van der Waals surface area (Å²) in [5.74, 6) is -0.0761. The highest BCUT2D eigenvalue weighted by molar-refractivity contribution is 5.95. The van der Waals surface area contributed by atoms with Crippen LogP contribution in [0.3, 0.4) is 0 Å². The number of ether oxygens (including phenoxy) is 1. The largest absolute Gasteiger partial charge is 0.457 e. The Morgan fingerprint density at radius 3 is 2.62 bits per heavy atom. The molecule has 0 saturated carbocycles. The highest BCUT2D eigenvalue weighted by atomic mass is 35.5. The maximum atomic E-state index is 12.2. The van der Waals surface area contributed by atoms with E-state index >= 15 is 0 Å². The van der Waals surface area contributed by atoms with E-state index in [9.17, 15) is 4.79 Å². The van der Waals surface area contributed by atoms with E-state index in [1.165, 1.54) is 0 Å². The van der Waals surface area contributed by atoms with E-state index in [1.54, 1.807) is 0 Å². The Morgan fingerprint density at radius 1 is 1.33 bits per heavy atom. The van der Waals surface area contributed by atoms with E-state index in [1.807, 2.05) is 52.2 Å². The van der Waals surface area contributed by atoms with Crippen molar-refractivity contribution in [3.05, 3.63) is 35.6 Å². The lowest BCUT2D eigenvalue weighted by molar-refractivity contribution is 0.0277. The van der Waals surface area contributed by atoms with Crippen LogP contribution < -0.4 is 0 Å². The number of aryl methyl sites for hydroxylation is 1. The van der Waals surface area contributed by atoms with Gasteiger partial charge in [0.15, 0.2) is 0 Å². The molecule has 0 saturated heterocycles. The third-order valence-electron chi connectivity index (χ3n) is 3.32. The van der Waals surface area contributed by atoms with Crippen molar-refractivity contribution < 1.29 is 13.9 Å². The molecule has 0 aliphatic carbocycles. The molecule has 0 radical (unpaired) electrons. The van der Waals surface area contributed by atoms with Gasteiger partial charge in [0, 0.05) is 17.5 Å². The Bertz CT molecular complexity index is 607. The van der Waals surface area contributed by atoms with Gasteiger partial charge in [-0.2, -0.15) is 0 Å². The van der Waals surface area contributed by atoms with Gasteiger partial charge in [0.25, 0.3) is 0 Å². The van der Waals surface area contributed by atoms with Gasteiger partial charge in [-0.05, 0) is 40.4 Å². The number of furan rings is 1. The van der Waals surface area contributed by atoms with Crippen molar-refractivity contribution in [2.75, 3.05) is 20.6 Å². The van der Waals surface area contributed by atoms with Crippen LogP contribution in [0.1, 0.15) is 29.5 Å². The molecule has 2 aromatic rings. The number of hydrogen-bond acceptors (Lipinski definition) is 4.